The molecule has 1 aromatic rings. The van der Waals surface area contributed by atoms with Gasteiger partial charge in [0.05, 0.1) is 5.75 Å². The Hall–Kier alpha value is -1.37. The average molecular weight is 230 g/mol. The number of anilines is 2. The van der Waals surface area contributed by atoms with E-state index in [0.717, 1.165) is 0 Å². The van der Waals surface area contributed by atoms with Crippen LogP contribution in [0.2, 0.25) is 0 Å². The monoisotopic (exact) mass is 230 g/mol. The normalized spacial score (nSPS) is 11.3. The molecule has 0 bridgehead atoms. The van der Waals surface area contributed by atoms with Crippen LogP contribution in [0.15, 0.2) is 12.1 Å². The van der Waals surface area contributed by atoms with Crippen LogP contribution in [0.4, 0.5) is 11.6 Å². The van der Waals surface area contributed by atoms with Crippen LogP contribution in [-0.4, -0.2) is 36.7 Å². The molecule has 1 aromatic heterocycles. The molecule has 0 aliphatic carbocycles. The van der Waals surface area contributed by atoms with Crippen LogP contribution in [0.5, 0.6) is 0 Å². The third-order valence-corrected chi connectivity index (χ3v) is 3.55. The zero-order valence-electron chi connectivity index (χ0n) is 8.47. The summed E-state index contributed by atoms with van der Waals surface area (Å²) in [6, 6.07) is 3.25. The van der Waals surface area contributed by atoms with E-state index in [4.69, 9.17) is 5.73 Å². The van der Waals surface area contributed by atoms with E-state index in [2.05, 4.69) is 15.5 Å². The lowest BCUT2D eigenvalue weighted by molar-refractivity contribution is 0.597. The van der Waals surface area contributed by atoms with Gasteiger partial charge < -0.3 is 11.1 Å². The molecule has 3 N–H and O–H groups in total. The molecule has 0 radical (unpaired) electrons. The van der Waals surface area contributed by atoms with Crippen molar-refractivity contribution < 1.29 is 8.42 Å². The van der Waals surface area contributed by atoms with E-state index >= 15 is 0 Å². The van der Waals surface area contributed by atoms with Gasteiger partial charge in [-0.3, -0.25) is 0 Å². The van der Waals surface area contributed by atoms with Crippen molar-refractivity contribution in [3.05, 3.63) is 12.1 Å². The van der Waals surface area contributed by atoms with Gasteiger partial charge in [-0.05, 0) is 12.1 Å². The van der Waals surface area contributed by atoms with Crippen molar-refractivity contribution >= 4 is 21.5 Å². The molecule has 0 aromatic carbocycles. The van der Waals surface area contributed by atoms with Gasteiger partial charge in [-0.2, -0.15) is 0 Å². The first kappa shape index (κ1) is 11.7. The SMILES string of the molecule is CCS(=O)(=O)CCNc1ccc(N)nn1. The van der Waals surface area contributed by atoms with E-state index in [1.54, 1.807) is 19.1 Å². The highest BCUT2D eigenvalue weighted by atomic mass is 32.2. The number of rotatable bonds is 5. The van der Waals surface area contributed by atoms with Crippen LogP contribution in [0.25, 0.3) is 0 Å². The predicted molar refractivity (Wildman–Crippen MR) is 59.3 cm³/mol. The van der Waals surface area contributed by atoms with Crippen molar-refractivity contribution in [1.82, 2.24) is 10.2 Å². The van der Waals surface area contributed by atoms with E-state index in [-0.39, 0.29) is 11.5 Å². The summed E-state index contributed by atoms with van der Waals surface area (Å²) in [4.78, 5) is 0. The number of nitrogen functional groups attached to an aromatic ring is 1. The lowest BCUT2D eigenvalue weighted by Gasteiger charge is -2.04. The summed E-state index contributed by atoms with van der Waals surface area (Å²) in [5.41, 5.74) is 5.35. The molecule has 15 heavy (non-hydrogen) atoms. The first-order valence-electron chi connectivity index (χ1n) is 4.57. The molecule has 6 nitrogen and oxygen atoms in total. The summed E-state index contributed by atoms with van der Waals surface area (Å²) in [5.74, 6) is 1.11. The number of hydrogen-bond acceptors (Lipinski definition) is 6. The third kappa shape index (κ3) is 4.11. The molecule has 0 fully saturated rings. The fourth-order valence-corrected chi connectivity index (χ4v) is 1.62. The predicted octanol–water partition coefficient (Wildman–Crippen LogP) is -0.0946. The Balaban J connectivity index is 2.42. The number of nitrogens with one attached hydrogen (secondary N) is 1. The van der Waals surface area contributed by atoms with Gasteiger partial charge in [-0.15, -0.1) is 10.2 Å². The molecule has 1 rings (SSSR count). The first-order chi connectivity index (χ1) is 7.03. The lowest BCUT2D eigenvalue weighted by atomic mass is 10.5. The summed E-state index contributed by atoms with van der Waals surface area (Å²) in [7, 11) is -2.93. The minimum absolute atomic E-state index is 0.0928. The molecular formula is C8H14N4O2S. The molecular weight excluding hydrogens is 216 g/mol. The van der Waals surface area contributed by atoms with Crippen LogP contribution in [-0.2, 0) is 9.84 Å². The van der Waals surface area contributed by atoms with Crippen molar-refractivity contribution in [3.8, 4) is 0 Å². The fraction of sp³-hybridized carbons (Fsp3) is 0.500. The van der Waals surface area contributed by atoms with Crippen molar-refractivity contribution in [2.45, 2.75) is 6.92 Å². The molecule has 7 heteroatoms. The molecule has 0 spiro atoms. The van der Waals surface area contributed by atoms with Gasteiger partial charge in [0.15, 0.2) is 9.84 Å². The maximum absolute atomic E-state index is 11.1. The van der Waals surface area contributed by atoms with E-state index < -0.39 is 9.84 Å². The Kier molecular flexibility index (Phi) is 3.84. The summed E-state index contributed by atoms with van der Waals surface area (Å²) < 4.78 is 22.3. The fourth-order valence-electron chi connectivity index (χ4n) is 0.916. The smallest absolute Gasteiger partial charge is 0.151 e. The van der Waals surface area contributed by atoms with E-state index in [9.17, 15) is 8.42 Å². The summed E-state index contributed by atoms with van der Waals surface area (Å²) >= 11 is 0. The second-order valence-corrected chi connectivity index (χ2v) is 5.48. The molecule has 0 saturated heterocycles. The lowest BCUT2D eigenvalue weighted by Crippen LogP contribution is -2.17. The standard InChI is InChI=1S/C8H14N4O2S/c1-2-15(13,14)6-5-10-8-4-3-7(9)11-12-8/h3-4H,2,5-6H2,1H3,(H2,9,11)(H,10,12). The minimum Gasteiger partial charge on any atom is -0.382 e. The first-order valence-corrected chi connectivity index (χ1v) is 6.39. The van der Waals surface area contributed by atoms with Crippen molar-refractivity contribution in [2.24, 2.45) is 0 Å². The highest BCUT2D eigenvalue weighted by molar-refractivity contribution is 7.91. The Bertz CT molecular complexity index is 401. The van der Waals surface area contributed by atoms with E-state index in [0.29, 0.717) is 18.2 Å². The maximum Gasteiger partial charge on any atom is 0.151 e. The molecule has 1 heterocycles. The van der Waals surface area contributed by atoms with Crippen LogP contribution < -0.4 is 11.1 Å². The number of nitrogens with zero attached hydrogens (tertiary/aromatic N) is 2. The highest BCUT2D eigenvalue weighted by Gasteiger charge is 2.06. The summed E-state index contributed by atoms with van der Waals surface area (Å²) in [6.45, 7) is 1.95. The maximum atomic E-state index is 11.1. The van der Waals surface area contributed by atoms with Gasteiger partial charge >= 0.3 is 0 Å². The number of hydrogen-bond donors (Lipinski definition) is 2. The molecule has 0 amide bonds. The largest absolute Gasteiger partial charge is 0.382 e. The molecule has 0 saturated carbocycles. The molecule has 84 valence electrons. The zero-order chi connectivity index (χ0) is 11.3. The highest BCUT2D eigenvalue weighted by Crippen LogP contribution is 2.02. The zero-order valence-corrected chi connectivity index (χ0v) is 9.29. The van der Waals surface area contributed by atoms with Gasteiger partial charge in [0.2, 0.25) is 0 Å². The quantitative estimate of drug-likeness (QED) is 0.733. The Morgan fingerprint density at radius 1 is 1.40 bits per heavy atom. The summed E-state index contributed by atoms with van der Waals surface area (Å²) in [6.07, 6.45) is 0. The minimum atomic E-state index is -2.93. The Labute approximate surface area is 88.8 Å². The number of nitrogens with two attached hydrogens (primary N) is 1. The van der Waals surface area contributed by atoms with Crippen LogP contribution in [0.1, 0.15) is 6.92 Å². The summed E-state index contributed by atoms with van der Waals surface area (Å²) in [5, 5.41) is 10.2. The van der Waals surface area contributed by atoms with Gasteiger partial charge in [-0.25, -0.2) is 8.42 Å². The van der Waals surface area contributed by atoms with Gasteiger partial charge in [0.25, 0.3) is 0 Å². The molecule has 0 atom stereocenters. The van der Waals surface area contributed by atoms with Gasteiger partial charge in [0, 0.05) is 12.3 Å². The van der Waals surface area contributed by atoms with Gasteiger partial charge in [0.1, 0.15) is 11.6 Å². The van der Waals surface area contributed by atoms with Crippen LogP contribution >= 0.6 is 0 Å². The van der Waals surface area contributed by atoms with Crippen molar-refractivity contribution in [3.63, 3.8) is 0 Å². The van der Waals surface area contributed by atoms with Crippen molar-refractivity contribution in [1.29, 1.82) is 0 Å². The number of sulfone groups is 1. The van der Waals surface area contributed by atoms with Crippen LogP contribution in [0, 0.1) is 0 Å². The average Bonchev–Trinajstić information content (AvgIpc) is 2.21. The van der Waals surface area contributed by atoms with Crippen molar-refractivity contribution in [2.75, 3.05) is 29.1 Å². The second kappa shape index (κ2) is 4.92. The molecule has 0 unspecified atom stereocenters. The van der Waals surface area contributed by atoms with E-state index in [1.807, 2.05) is 0 Å². The second-order valence-electron chi connectivity index (χ2n) is 3.01. The molecule has 0 aliphatic rings. The Morgan fingerprint density at radius 3 is 2.67 bits per heavy atom. The number of aromatic nitrogens is 2. The topological polar surface area (TPSA) is 98.0 Å². The molecule has 0 aliphatic heterocycles. The third-order valence-electron chi connectivity index (χ3n) is 1.84. The Morgan fingerprint density at radius 2 is 2.13 bits per heavy atom. The van der Waals surface area contributed by atoms with Crippen LogP contribution in [0.3, 0.4) is 0 Å². The van der Waals surface area contributed by atoms with E-state index in [1.165, 1.54) is 0 Å². The van der Waals surface area contributed by atoms with Gasteiger partial charge in [-0.1, -0.05) is 6.92 Å².